The van der Waals surface area contributed by atoms with Gasteiger partial charge in [-0.2, -0.15) is 0 Å². The van der Waals surface area contributed by atoms with E-state index in [4.69, 9.17) is 0 Å². The zero-order chi connectivity index (χ0) is 16.0. The molecule has 21 heavy (non-hydrogen) atoms. The second-order valence-corrected chi connectivity index (χ2v) is 7.24. The molecule has 0 aromatic heterocycles. The van der Waals surface area contributed by atoms with E-state index in [1.807, 2.05) is 6.92 Å². The van der Waals surface area contributed by atoms with Crippen LogP contribution in [0, 0.1) is 0 Å². The summed E-state index contributed by atoms with van der Waals surface area (Å²) in [5.74, 6) is -0.243. The van der Waals surface area contributed by atoms with Gasteiger partial charge < -0.3 is 10.4 Å². The fraction of sp³-hybridized carbons (Fsp3) is 0.462. The van der Waals surface area contributed by atoms with E-state index in [1.54, 1.807) is 0 Å². The number of rotatable bonds is 7. The molecule has 0 saturated carbocycles. The average molecular weight is 379 g/mol. The number of amides is 1. The summed E-state index contributed by atoms with van der Waals surface area (Å²) in [6.07, 6.45) is 0.611. The fourth-order valence-corrected chi connectivity index (χ4v) is 3.41. The summed E-state index contributed by atoms with van der Waals surface area (Å²) in [4.78, 5) is 11.1. The first-order chi connectivity index (χ1) is 9.76. The maximum absolute atomic E-state index is 12.1. The number of aliphatic hydroxyl groups is 1. The Morgan fingerprint density at radius 3 is 2.62 bits per heavy atom. The number of carbonyl (C=O) groups is 1. The third kappa shape index (κ3) is 5.74. The van der Waals surface area contributed by atoms with Crippen LogP contribution in [0.25, 0.3) is 0 Å². The molecule has 6 nitrogen and oxygen atoms in total. The average Bonchev–Trinajstić information content (AvgIpc) is 2.39. The van der Waals surface area contributed by atoms with Crippen molar-refractivity contribution in [3.8, 4) is 0 Å². The largest absolute Gasteiger partial charge is 0.392 e. The number of aliphatic hydroxyl groups excluding tert-OH is 1. The number of hydrogen-bond acceptors (Lipinski definition) is 4. The van der Waals surface area contributed by atoms with Crippen LogP contribution in [0.2, 0.25) is 0 Å². The molecule has 0 radical (unpaired) electrons. The Labute approximate surface area is 133 Å². The number of carbonyl (C=O) groups excluding carboxylic acids is 1. The first-order valence-electron chi connectivity index (χ1n) is 6.51. The van der Waals surface area contributed by atoms with Crippen LogP contribution in [0.3, 0.4) is 0 Å². The van der Waals surface area contributed by atoms with E-state index in [9.17, 15) is 18.3 Å². The van der Waals surface area contributed by atoms with Gasteiger partial charge in [0.2, 0.25) is 15.9 Å². The topological polar surface area (TPSA) is 95.5 Å². The van der Waals surface area contributed by atoms with Crippen LogP contribution < -0.4 is 10.0 Å². The number of halogens is 1. The Morgan fingerprint density at radius 2 is 2.10 bits per heavy atom. The normalized spacial score (nSPS) is 13.0. The van der Waals surface area contributed by atoms with Crippen molar-refractivity contribution >= 4 is 37.5 Å². The summed E-state index contributed by atoms with van der Waals surface area (Å²) in [7, 11) is -3.69. The molecule has 0 spiro atoms. The highest BCUT2D eigenvalue weighted by molar-refractivity contribution is 9.10. The summed E-state index contributed by atoms with van der Waals surface area (Å²) < 4.78 is 27.0. The molecule has 0 fully saturated rings. The molecule has 118 valence electrons. The van der Waals surface area contributed by atoms with Crippen LogP contribution in [0.1, 0.15) is 26.7 Å². The lowest BCUT2D eigenvalue weighted by Gasteiger charge is -2.12. The van der Waals surface area contributed by atoms with Crippen LogP contribution in [-0.4, -0.2) is 32.1 Å². The van der Waals surface area contributed by atoms with Crippen molar-refractivity contribution in [1.82, 2.24) is 4.72 Å². The zero-order valence-electron chi connectivity index (χ0n) is 11.9. The Balaban J connectivity index is 2.84. The van der Waals surface area contributed by atoms with Gasteiger partial charge in [-0.1, -0.05) is 13.3 Å². The second kappa shape index (κ2) is 7.88. The number of sulfonamides is 1. The predicted octanol–water partition coefficient (Wildman–Crippen LogP) is 1.85. The van der Waals surface area contributed by atoms with Crippen molar-refractivity contribution < 1.29 is 18.3 Å². The molecular formula is C13H19BrN2O4S. The van der Waals surface area contributed by atoms with Crippen molar-refractivity contribution in [3.05, 3.63) is 22.7 Å². The highest BCUT2D eigenvalue weighted by atomic mass is 79.9. The minimum absolute atomic E-state index is 0.0265. The van der Waals surface area contributed by atoms with Crippen LogP contribution >= 0.6 is 15.9 Å². The molecule has 0 aliphatic rings. The number of anilines is 1. The Kier molecular flexibility index (Phi) is 6.79. The summed E-state index contributed by atoms with van der Waals surface area (Å²) in [5.41, 5.74) is 0.493. The van der Waals surface area contributed by atoms with E-state index in [0.717, 1.165) is 6.42 Å². The summed E-state index contributed by atoms with van der Waals surface area (Å²) in [5, 5.41) is 12.2. The smallest absolute Gasteiger partial charge is 0.240 e. The van der Waals surface area contributed by atoms with E-state index in [0.29, 0.717) is 16.6 Å². The Bertz CT molecular complexity index is 604. The minimum Gasteiger partial charge on any atom is -0.392 e. The monoisotopic (exact) mass is 378 g/mol. The third-order valence-electron chi connectivity index (χ3n) is 2.69. The summed E-state index contributed by atoms with van der Waals surface area (Å²) in [6, 6.07) is 4.30. The molecule has 1 aromatic rings. The zero-order valence-corrected chi connectivity index (χ0v) is 14.3. The quantitative estimate of drug-likeness (QED) is 0.674. The lowest BCUT2D eigenvalue weighted by atomic mass is 10.2. The third-order valence-corrected chi connectivity index (χ3v) is 4.77. The Hall–Kier alpha value is -0.960. The van der Waals surface area contributed by atoms with Gasteiger partial charge in [-0.05, 0) is 40.5 Å². The van der Waals surface area contributed by atoms with Gasteiger partial charge in [0.25, 0.3) is 0 Å². The molecule has 1 unspecified atom stereocenters. The van der Waals surface area contributed by atoms with Gasteiger partial charge in [0.15, 0.2) is 0 Å². The summed E-state index contributed by atoms with van der Waals surface area (Å²) in [6.45, 7) is 3.25. The van der Waals surface area contributed by atoms with Gasteiger partial charge in [0, 0.05) is 17.9 Å². The first kappa shape index (κ1) is 18.1. The van der Waals surface area contributed by atoms with Crippen LogP contribution in [0.5, 0.6) is 0 Å². The van der Waals surface area contributed by atoms with E-state index >= 15 is 0 Å². The van der Waals surface area contributed by atoms with Crippen LogP contribution in [0.15, 0.2) is 27.6 Å². The van der Waals surface area contributed by atoms with Gasteiger partial charge in [0.05, 0.1) is 16.7 Å². The van der Waals surface area contributed by atoms with Gasteiger partial charge in [-0.25, -0.2) is 13.1 Å². The minimum atomic E-state index is -3.69. The van der Waals surface area contributed by atoms with Gasteiger partial charge in [-0.15, -0.1) is 0 Å². The molecule has 1 atom stereocenters. The molecule has 0 heterocycles. The highest BCUT2D eigenvalue weighted by Gasteiger charge is 2.17. The molecule has 1 aromatic carbocycles. The molecule has 0 aliphatic heterocycles. The molecule has 0 aliphatic carbocycles. The predicted molar refractivity (Wildman–Crippen MR) is 84.5 cm³/mol. The fourth-order valence-electron chi connectivity index (χ4n) is 1.68. The lowest BCUT2D eigenvalue weighted by molar-refractivity contribution is -0.114. The van der Waals surface area contributed by atoms with E-state index < -0.39 is 16.1 Å². The van der Waals surface area contributed by atoms with Crippen molar-refractivity contribution in [2.75, 3.05) is 11.9 Å². The van der Waals surface area contributed by atoms with Crippen LogP contribution in [-0.2, 0) is 14.8 Å². The maximum atomic E-state index is 12.1. The maximum Gasteiger partial charge on any atom is 0.240 e. The first-order valence-corrected chi connectivity index (χ1v) is 8.78. The van der Waals surface area contributed by atoms with E-state index in [-0.39, 0.29) is 17.3 Å². The van der Waals surface area contributed by atoms with Gasteiger partial charge >= 0.3 is 0 Å². The molecule has 8 heteroatoms. The summed E-state index contributed by atoms with van der Waals surface area (Å²) >= 11 is 3.22. The molecule has 1 rings (SSSR count). The lowest BCUT2D eigenvalue weighted by Crippen LogP contribution is -2.32. The molecule has 3 N–H and O–H groups in total. The van der Waals surface area contributed by atoms with E-state index in [1.165, 1.54) is 25.1 Å². The van der Waals surface area contributed by atoms with E-state index in [2.05, 4.69) is 26.0 Å². The van der Waals surface area contributed by atoms with Crippen LogP contribution in [0.4, 0.5) is 5.69 Å². The van der Waals surface area contributed by atoms with Crippen molar-refractivity contribution in [1.29, 1.82) is 0 Å². The molecule has 1 amide bonds. The molecule has 0 saturated heterocycles. The highest BCUT2D eigenvalue weighted by Crippen LogP contribution is 2.25. The van der Waals surface area contributed by atoms with Crippen molar-refractivity contribution in [2.24, 2.45) is 0 Å². The molecule has 0 bridgehead atoms. The SMILES string of the molecule is CCCC(O)CNS(=O)(=O)c1ccc(NC(C)=O)c(Br)c1. The number of hydrogen-bond donors (Lipinski definition) is 3. The second-order valence-electron chi connectivity index (χ2n) is 4.62. The standard InChI is InChI=1S/C13H19BrN2O4S/c1-3-4-10(18)8-15-21(19,20)11-5-6-13(12(14)7-11)16-9(2)17/h5-7,10,15,18H,3-4,8H2,1-2H3,(H,16,17). The Morgan fingerprint density at radius 1 is 1.43 bits per heavy atom. The van der Waals surface area contributed by atoms with Gasteiger partial charge in [-0.3, -0.25) is 4.79 Å². The van der Waals surface area contributed by atoms with Gasteiger partial charge in [0.1, 0.15) is 0 Å². The van der Waals surface area contributed by atoms with Crippen molar-refractivity contribution in [3.63, 3.8) is 0 Å². The number of benzene rings is 1. The number of nitrogens with one attached hydrogen (secondary N) is 2. The van der Waals surface area contributed by atoms with Crippen molar-refractivity contribution in [2.45, 2.75) is 37.7 Å². The molecular weight excluding hydrogens is 360 g/mol.